The summed E-state index contributed by atoms with van der Waals surface area (Å²) in [7, 11) is 1.90. The Labute approximate surface area is 134 Å². The number of carbonyl (C=O) groups is 1. The quantitative estimate of drug-likeness (QED) is 0.675. The van der Waals surface area contributed by atoms with E-state index in [1.54, 1.807) is 0 Å². The first-order valence-electron chi connectivity index (χ1n) is 7.93. The van der Waals surface area contributed by atoms with Gasteiger partial charge >= 0.3 is 0 Å². The molecule has 0 N–H and O–H groups in total. The summed E-state index contributed by atoms with van der Waals surface area (Å²) in [5.74, 6) is 1.43. The van der Waals surface area contributed by atoms with Crippen LogP contribution in [-0.4, -0.2) is 73.7 Å². The van der Waals surface area contributed by atoms with E-state index in [2.05, 4.69) is 11.2 Å². The fourth-order valence-electron chi connectivity index (χ4n) is 2.60. The minimum absolute atomic E-state index is 0.204. The summed E-state index contributed by atoms with van der Waals surface area (Å²) in [4.78, 5) is 16.5. The molecule has 1 saturated heterocycles. The standard InChI is InChI=1S/C16H32N2O2S/c1-16(2,3)15(19)17(4)9-7-14-13-18(10-11-20-14)8-6-12-21-5/h14H,6-13H2,1-5H3/t14-/m1/s1. The van der Waals surface area contributed by atoms with Crippen molar-refractivity contribution in [1.82, 2.24) is 9.80 Å². The highest BCUT2D eigenvalue weighted by molar-refractivity contribution is 7.98. The van der Waals surface area contributed by atoms with Crippen LogP contribution in [0, 0.1) is 5.41 Å². The molecule has 0 radical (unpaired) electrons. The van der Waals surface area contributed by atoms with Crippen molar-refractivity contribution in [2.24, 2.45) is 5.41 Å². The molecule has 0 aromatic carbocycles. The van der Waals surface area contributed by atoms with Crippen molar-refractivity contribution in [2.45, 2.75) is 39.7 Å². The van der Waals surface area contributed by atoms with Gasteiger partial charge in [-0.3, -0.25) is 9.69 Å². The number of amides is 1. The number of ether oxygens (including phenoxy) is 1. The van der Waals surface area contributed by atoms with E-state index in [-0.39, 0.29) is 17.4 Å². The zero-order chi connectivity index (χ0) is 15.9. The molecule has 0 unspecified atom stereocenters. The second kappa shape index (κ2) is 9.01. The number of thioether (sulfide) groups is 1. The first-order valence-corrected chi connectivity index (χ1v) is 9.32. The van der Waals surface area contributed by atoms with Crippen LogP contribution in [0.2, 0.25) is 0 Å². The highest BCUT2D eigenvalue weighted by Crippen LogP contribution is 2.17. The molecule has 1 rings (SSSR count). The monoisotopic (exact) mass is 316 g/mol. The Balaban J connectivity index is 2.29. The zero-order valence-electron chi connectivity index (χ0n) is 14.4. The topological polar surface area (TPSA) is 32.8 Å². The van der Waals surface area contributed by atoms with Gasteiger partial charge in [-0.25, -0.2) is 0 Å². The second-order valence-corrected chi connectivity index (χ2v) is 7.89. The third kappa shape index (κ3) is 7.02. The molecule has 1 fully saturated rings. The molecule has 1 aliphatic heterocycles. The van der Waals surface area contributed by atoms with Gasteiger partial charge < -0.3 is 9.64 Å². The third-order valence-corrected chi connectivity index (χ3v) is 4.52. The SMILES string of the molecule is CSCCCN1CCO[C@H](CCN(C)C(=O)C(C)(C)C)C1. The fraction of sp³-hybridized carbons (Fsp3) is 0.938. The molecule has 0 aromatic heterocycles. The molecule has 124 valence electrons. The third-order valence-electron chi connectivity index (χ3n) is 3.82. The Bertz CT molecular complexity index is 318. The lowest BCUT2D eigenvalue weighted by Crippen LogP contribution is -2.45. The summed E-state index contributed by atoms with van der Waals surface area (Å²) < 4.78 is 5.85. The van der Waals surface area contributed by atoms with E-state index in [0.29, 0.717) is 0 Å². The molecule has 0 aromatic rings. The van der Waals surface area contributed by atoms with Crippen LogP contribution in [0.25, 0.3) is 0 Å². The number of rotatable bonds is 7. The largest absolute Gasteiger partial charge is 0.375 e. The molecule has 1 heterocycles. The molecule has 0 bridgehead atoms. The van der Waals surface area contributed by atoms with Crippen molar-refractivity contribution in [3.63, 3.8) is 0 Å². The Hall–Kier alpha value is -0.260. The lowest BCUT2D eigenvalue weighted by Gasteiger charge is -2.34. The van der Waals surface area contributed by atoms with Crippen molar-refractivity contribution in [2.75, 3.05) is 51.8 Å². The van der Waals surface area contributed by atoms with Crippen molar-refractivity contribution in [3.05, 3.63) is 0 Å². The van der Waals surface area contributed by atoms with E-state index in [1.165, 1.54) is 12.2 Å². The van der Waals surface area contributed by atoms with Crippen LogP contribution < -0.4 is 0 Å². The van der Waals surface area contributed by atoms with Crippen LogP contribution in [0.15, 0.2) is 0 Å². The van der Waals surface area contributed by atoms with Gasteiger partial charge in [0.25, 0.3) is 0 Å². The van der Waals surface area contributed by atoms with Crippen LogP contribution in [0.3, 0.4) is 0 Å². The summed E-state index contributed by atoms with van der Waals surface area (Å²) >= 11 is 1.91. The highest BCUT2D eigenvalue weighted by Gasteiger charge is 2.26. The van der Waals surface area contributed by atoms with Gasteiger partial charge in [0.15, 0.2) is 0 Å². The van der Waals surface area contributed by atoms with E-state index in [0.717, 1.165) is 39.2 Å². The fourth-order valence-corrected chi connectivity index (χ4v) is 3.02. The van der Waals surface area contributed by atoms with Gasteiger partial charge in [0.2, 0.25) is 5.91 Å². The molecule has 1 aliphatic rings. The first kappa shape index (κ1) is 18.8. The molecular weight excluding hydrogens is 284 g/mol. The van der Waals surface area contributed by atoms with E-state index in [4.69, 9.17) is 4.74 Å². The zero-order valence-corrected chi connectivity index (χ0v) is 15.2. The van der Waals surface area contributed by atoms with Crippen molar-refractivity contribution in [3.8, 4) is 0 Å². The normalized spacial score (nSPS) is 20.5. The lowest BCUT2D eigenvalue weighted by atomic mass is 9.95. The van der Waals surface area contributed by atoms with Crippen molar-refractivity contribution >= 4 is 17.7 Å². The van der Waals surface area contributed by atoms with E-state index in [1.807, 2.05) is 44.5 Å². The van der Waals surface area contributed by atoms with Crippen LogP contribution in [0.5, 0.6) is 0 Å². The summed E-state index contributed by atoms with van der Waals surface area (Å²) in [5, 5.41) is 0. The van der Waals surface area contributed by atoms with Gasteiger partial charge in [-0.1, -0.05) is 20.8 Å². The smallest absolute Gasteiger partial charge is 0.227 e. The number of carbonyl (C=O) groups excluding carboxylic acids is 1. The van der Waals surface area contributed by atoms with Crippen LogP contribution in [0.4, 0.5) is 0 Å². The number of hydrogen-bond donors (Lipinski definition) is 0. The molecule has 0 aliphatic carbocycles. The minimum Gasteiger partial charge on any atom is -0.375 e. The molecule has 4 nitrogen and oxygen atoms in total. The Morgan fingerprint density at radius 2 is 2.14 bits per heavy atom. The Morgan fingerprint density at radius 3 is 2.76 bits per heavy atom. The maximum absolute atomic E-state index is 12.1. The summed E-state index contributed by atoms with van der Waals surface area (Å²) in [5.41, 5.74) is -0.300. The van der Waals surface area contributed by atoms with Crippen molar-refractivity contribution < 1.29 is 9.53 Å². The van der Waals surface area contributed by atoms with Gasteiger partial charge in [-0.05, 0) is 31.4 Å². The van der Waals surface area contributed by atoms with Gasteiger partial charge in [0.05, 0.1) is 12.7 Å². The Morgan fingerprint density at radius 1 is 1.43 bits per heavy atom. The van der Waals surface area contributed by atoms with Gasteiger partial charge in [-0.15, -0.1) is 0 Å². The van der Waals surface area contributed by atoms with Gasteiger partial charge in [-0.2, -0.15) is 11.8 Å². The first-order chi connectivity index (χ1) is 9.84. The lowest BCUT2D eigenvalue weighted by molar-refractivity contribution is -0.138. The molecule has 1 atom stereocenters. The minimum atomic E-state index is -0.300. The highest BCUT2D eigenvalue weighted by atomic mass is 32.2. The van der Waals surface area contributed by atoms with Crippen LogP contribution in [0.1, 0.15) is 33.6 Å². The number of morpholine rings is 1. The molecule has 0 saturated carbocycles. The maximum atomic E-state index is 12.1. The molecule has 1 amide bonds. The second-order valence-electron chi connectivity index (χ2n) is 6.91. The number of hydrogen-bond acceptors (Lipinski definition) is 4. The molecule has 0 spiro atoms. The average Bonchev–Trinajstić information content (AvgIpc) is 2.44. The molecule has 21 heavy (non-hydrogen) atoms. The average molecular weight is 317 g/mol. The predicted molar refractivity (Wildman–Crippen MR) is 90.9 cm³/mol. The Kier molecular flexibility index (Phi) is 8.06. The van der Waals surface area contributed by atoms with Crippen molar-refractivity contribution in [1.29, 1.82) is 0 Å². The molecular formula is C16H32N2O2S. The summed E-state index contributed by atoms with van der Waals surface area (Å²) in [6, 6.07) is 0. The predicted octanol–water partition coefficient (Wildman–Crippen LogP) is 2.33. The van der Waals surface area contributed by atoms with Crippen LogP contribution >= 0.6 is 11.8 Å². The summed E-state index contributed by atoms with van der Waals surface area (Å²) in [6.45, 7) is 10.7. The summed E-state index contributed by atoms with van der Waals surface area (Å²) in [6.07, 6.45) is 4.60. The molecule has 5 heteroatoms. The van der Waals surface area contributed by atoms with Gasteiger partial charge in [0.1, 0.15) is 0 Å². The van der Waals surface area contributed by atoms with Gasteiger partial charge in [0, 0.05) is 32.1 Å². The van der Waals surface area contributed by atoms with E-state index >= 15 is 0 Å². The van der Waals surface area contributed by atoms with Crippen LogP contribution in [-0.2, 0) is 9.53 Å². The number of nitrogens with zero attached hydrogens (tertiary/aromatic N) is 2. The van der Waals surface area contributed by atoms with E-state index < -0.39 is 0 Å². The van der Waals surface area contributed by atoms with E-state index in [9.17, 15) is 4.79 Å². The maximum Gasteiger partial charge on any atom is 0.227 e.